The van der Waals surface area contributed by atoms with Crippen molar-refractivity contribution in [3.8, 4) is 0 Å². The van der Waals surface area contributed by atoms with Crippen LogP contribution >= 0.6 is 22.6 Å². The Bertz CT molecular complexity index is 191. The van der Waals surface area contributed by atoms with Crippen LogP contribution in [0.1, 0.15) is 25.3 Å². The van der Waals surface area contributed by atoms with Gasteiger partial charge in [0, 0.05) is 0 Å². The first-order valence-electron chi connectivity index (χ1n) is 2.94. The molecular weight excluding hydrogens is 227 g/mol. The van der Waals surface area contributed by atoms with Crippen molar-refractivity contribution in [2.45, 2.75) is 19.8 Å². The Morgan fingerprint density at radius 1 is 1.56 bits per heavy atom. The van der Waals surface area contributed by atoms with Gasteiger partial charge in [-0.05, 0) is 40.1 Å². The Labute approximate surface area is 68.6 Å². The number of furan rings is 1. The highest BCUT2D eigenvalue weighted by Crippen LogP contribution is 2.17. The fourth-order valence-electron chi connectivity index (χ4n) is 0.626. The lowest BCUT2D eigenvalue weighted by molar-refractivity contribution is 0.534. The molecule has 0 radical (unpaired) electrons. The van der Waals surface area contributed by atoms with Crippen LogP contribution in [-0.4, -0.2) is 0 Å². The van der Waals surface area contributed by atoms with Crippen LogP contribution in [0.3, 0.4) is 0 Å². The van der Waals surface area contributed by atoms with Crippen molar-refractivity contribution in [3.05, 3.63) is 21.7 Å². The minimum Gasteiger partial charge on any atom is -0.458 e. The second kappa shape index (κ2) is 2.73. The van der Waals surface area contributed by atoms with E-state index in [2.05, 4.69) is 42.5 Å². The summed E-state index contributed by atoms with van der Waals surface area (Å²) in [6.45, 7) is 4.31. The van der Waals surface area contributed by atoms with Crippen LogP contribution in [-0.2, 0) is 0 Å². The highest BCUT2D eigenvalue weighted by atomic mass is 127. The SMILES string of the molecule is CC(C)c1coc(I)c1. The van der Waals surface area contributed by atoms with E-state index in [0.29, 0.717) is 5.92 Å². The van der Waals surface area contributed by atoms with Gasteiger partial charge in [-0.1, -0.05) is 13.8 Å². The maximum atomic E-state index is 5.11. The third-order valence-corrected chi connectivity index (χ3v) is 1.82. The van der Waals surface area contributed by atoms with Gasteiger partial charge < -0.3 is 4.42 Å². The van der Waals surface area contributed by atoms with Gasteiger partial charge in [0.05, 0.1) is 6.26 Å². The molecule has 0 aliphatic rings. The fraction of sp³-hybridized carbons (Fsp3) is 0.429. The van der Waals surface area contributed by atoms with Gasteiger partial charge in [-0.2, -0.15) is 0 Å². The standard InChI is InChI=1S/C7H9IO/c1-5(2)6-3-7(8)9-4-6/h3-5H,1-2H3. The molecule has 0 aliphatic heterocycles. The molecule has 1 aromatic rings. The summed E-state index contributed by atoms with van der Waals surface area (Å²) in [5.41, 5.74) is 1.28. The average Bonchev–Trinajstić information content (AvgIpc) is 2.14. The maximum Gasteiger partial charge on any atom is 0.163 e. The Balaban J connectivity index is 2.85. The molecule has 50 valence electrons. The summed E-state index contributed by atoms with van der Waals surface area (Å²) in [4.78, 5) is 0. The van der Waals surface area contributed by atoms with E-state index in [4.69, 9.17) is 4.42 Å². The van der Waals surface area contributed by atoms with E-state index in [1.807, 2.05) is 6.26 Å². The normalized spacial score (nSPS) is 10.7. The molecule has 0 spiro atoms. The number of hydrogen-bond donors (Lipinski definition) is 0. The quantitative estimate of drug-likeness (QED) is 0.683. The van der Waals surface area contributed by atoms with Crippen LogP contribution in [0.15, 0.2) is 16.7 Å². The molecule has 0 atom stereocenters. The second-order valence-corrected chi connectivity index (χ2v) is 3.40. The Morgan fingerprint density at radius 3 is 2.44 bits per heavy atom. The molecular formula is C7H9IO. The zero-order chi connectivity index (χ0) is 6.85. The van der Waals surface area contributed by atoms with Crippen LogP contribution in [0.4, 0.5) is 0 Å². The summed E-state index contributed by atoms with van der Waals surface area (Å²) in [5, 5.41) is 0. The largest absolute Gasteiger partial charge is 0.458 e. The first-order chi connectivity index (χ1) is 4.20. The monoisotopic (exact) mass is 236 g/mol. The first-order valence-corrected chi connectivity index (χ1v) is 4.02. The number of hydrogen-bond acceptors (Lipinski definition) is 1. The first kappa shape index (κ1) is 7.12. The smallest absolute Gasteiger partial charge is 0.163 e. The summed E-state index contributed by atoms with van der Waals surface area (Å²) >= 11 is 2.17. The summed E-state index contributed by atoms with van der Waals surface area (Å²) in [6.07, 6.45) is 1.81. The summed E-state index contributed by atoms with van der Waals surface area (Å²) in [5.74, 6) is 0.581. The molecule has 0 amide bonds. The lowest BCUT2D eigenvalue weighted by Gasteiger charge is -1.94. The van der Waals surface area contributed by atoms with E-state index in [-0.39, 0.29) is 0 Å². The Hall–Kier alpha value is 0.01000. The van der Waals surface area contributed by atoms with Crippen molar-refractivity contribution in [1.29, 1.82) is 0 Å². The van der Waals surface area contributed by atoms with E-state index in [1.54, 1.807) is 0 Å². The van der Waals surface area contributed by atoms with Gasteiger partial charge in [0.1, 0.15) is 0 Å². The zero-order valence-electron chi connectivity index (χ0n) is 5.52. The van der Waals surface area contributed by atoms with E-state index in [9.17, 15) is 0 Å². The molecule has 0 N–H and O–H groups in total. The average molecular weight is 236 g/mol. The molecule has 1 rings (SSSR count). The highest BCUT2D eigenvalue weighted by molar-refractivity contribution is 14.1. The molecule has 1 nitrogen and oxygen atoms in total. The Morgan fingerprint density at radius 2 is 2.22 bits per heavy atom. The third-order valence-electron chi connectivity index (χ3n) is 1.25. The van der Waals surface area contributed by atoms with Gasteiger partial charge in [0.25, 0.3) is 0 Å². The minimum absolute atomic E-state index is 0.581. The second-order valence-electron chi connectivity index (χ2n) is 2.34. The van der Waals surface area contributed by atoms with Crippen LogP contribution in [0.2, 0.25) is 0 Å². The van der Waals surface area contributed by atoms with Gasteiger partial charge in [0.15, 0.2) is 3.77 Å². The van der Waals surface area contributed by atoms with E-state index >= 15 is 0 Å². The molecule has 0 saturated carbocycles. The van der Waals surface area contributed by atoms with Crippen molar-refractivity contribution in [2.75, 3.05) is 0 Å². The summed E-state index contributed by atoms with van der Waals surface area (Å²) in [6, 6.07) is 2.06. The molecule has 0 bridgehead atoms. The van der Waals surface area contributed by atoms with E-state index < -0.39 is 0 Å². The van der Waals surface area contributed by atoms with Gasteiger partial charge in [-0.3, -0.25) is 0 Å². The lowest BCUT2D eigenvalue weighted by Crippen LogP contribution is -1.79. The molecule has 2 heteroatoms. The topological polar surface area (TPSA) is 13.1 Å². The lowest BCUT2D eigenvalue weighted by atomic mass is 10.1. The van der Waals surface area contributed by atoms with Crippen LogP contribution in [0.5, 0.6) is 0 Å². The molecule has 0 fully saturated rings. The fourth-order valence-corrected chi connectivity index (χ4v) is 1.11. The molecule has 0 unspecified atom stereocenters. The molecule has 0 aromatic carbocycles. The summed E-state index contributed by atoms with van der Waals surface area (Å²) in [7, 11) is 0. The van der Waals surface area contributed by atoms with Crippen molar-refractivity contribution in [1.82, 2.24) is 0 Å². The number of rotatable bonds is 1. The molecule has 1 aromatic heterocycles. The van der Waals surface area contributed by atoms with Crippen LogP contribution in [0, 0.1) is 3.77 Å². The highest BCUT2D eigenvalue weighted by Gasteiger charge is 2.01. The van der Waals surface area contributed by atoms with Crippen molar-refractivity contribution >= 4 is 22.6 Å². The van der Waals surface area contributed by atoms with Gasteiger partial charge in [-0.15, -0.1) is 0 Å². The van der Waals surface area contributed by atoms with Crippen molar-refractivity contribution < 1.29 is 4.42 Å². The molecule has 0 saturated heterocycles. The van der Waals surface area contributed by atoms with E-state index in [0.717, 1.165) is 3.77 Å². The summed E-state index contributed by atoms with van der Waals surface area (Å²) < 4.78 is 6.08. The van der Waals surface area contributed by atoms with Crippen LogP contribution in [0.25, 0.3) is 0 Å². The molecule has 0 aliphatic carbocycles. The van der Waals surface area contributed by atoms with Gasteiger partial charge in [-0.25, -0.2) is 0 Å². The molecule has 1 heterocycles. The van der Waals surface area contributed by atoms with Gasteiger partial charge >= 0.3 is 0 Å². The predicted molar refractivity (Wildman–Crippen MR) is 45.5 cm³/mol. The Kier molecular flexibility index (Phi) is 2.16. The third kappa shape index (κ3) is 1.71. The van der Waals surface area contributed by atoms with Gasteiger partial charge in [0.2, 0.25) is 0 Å². The van der Waals surface area contributed by atoms with Crippen LogP contribution < -0.4 is 0 Å². The maximum absolute atomic E-state index is 5.11. The number of halogens is 1. The minimum atomic E-state index is 0.581. The van der Waals surface area contributed by atoms with Crippen molar-refractivity contribution in [2.24, 2.45) is 0 Å². The predicted octanol–water partition coefficient (Wildman–Crippen LogP) is 3.01. The molecule has 9 heavy (non-hydrogen) atoms. The zero-order valence-corrected chi connectivity index (χ0v) is 7.68. The van der Waals surface area contributed by atoms with E-state index in [1.165, 1.54) is 5.56 Å². The van der Waals surface area contributed by atoms with Crippen molar-refractivity contribution in [3.63, 3.8) is 0 Å².